The van der Waals surface area contributed by atoms with Gasteiger partial charge in [0.1, 0.15) is 0 Å². The summed E-state index contributed by atoms with van der Waals surface area (Å²) < 4.78 is 1.50. The van der Waals surface area contributed by atoms with Crippen molar-refractivity contribution < 1.29 is 9.59 Å². The monoisotopic (exact) mass is 555 g/mol. The average Bonchev–Trinajstić information content (AvgIpc) is 2.81. The number of carbonyl (C=O) groups is 2. The molecular formula is C25H23Br2N3O2. The molecule has 0 unspecified atom stereocenters. The van der Waals surface area contributed by atoms with Gasteiger partial charge in [0.05, 0.1) is 12.2 Å². The fourth-order valence-electron chi connectivity index (χ4n) is 3.80. The lowest BCUT2D eigenvalue weighted by atomic mass is 10.0. The summed E-state index contributed by atoms with van der Waals surface area (Å²) in [5.41, 5.74) is 2.73. The third-order valence-electron chi connectivity index (χ3n) is 5.48. The fourth-order valence-corrected chi connectivity index (χ4v) is 4.63. The van der Waals surface area contributed by atoms with Gasteiger partial charge in [0, 0.05) is 51.9 Å². The normalized spacial score (nSPS) is 14.2. The van der Waals surface area contributed by atoms with Crippen LogP contribution in [0.3, 0.4) is 0 Å². The third-order valence-corrected chi connectivity index (χ3v) is 6.66. The van der Waals surface area contributed by atoms with Gasteiger partial charge in [-0.3, -0.25) is 14.5 Å². The quantitative estimate of drug-likeness (QED) is 0.424. The van der Waals surface area contributed by atoms with E-state index in [1.807, 2.05) is 42.5 Å². The van der Waals surface area contributed by atoms with E-state index < -0.39 is 0 Å². The first kappa shape index (κ1) is 22.7. The van der Waals surface area contributed by atoms with Gasteiger partial charge in [0.15, 0.2) is 5.78 Å². The third kappa shape index (κ3) is 5.46. The first-order chi connectivity index (χ1) is 15.5. The molecule has 1 aliphatic heterocycles. The fraction of sp³-hybridized carbons (Fsp3) is 0.200. The van der Waals surface area contributed by atoms with Gasteiger partial charge in [-0.2, -0.15) is 0 Å². The molecule has 0 atom stereocenters. The Bertz CT molecular complexity index is 1110. The second kappa shape index (κ2) is 10.4. The first-order valence-corrected chi connectivity index (χ1v) is 12.0. The minimum absolute atomic E-state index is 0.123. The van der Waals surface area contributed by atoms with Gasteiger partial charge in [0.25, 0.3) is 0 Å². The molecule has 1 saturated heterocycles. The minimum atomic E-state index is -0.148. The molecule has 32 heavy (non-hydrogen) atoms. The molecule has 164 valence electrons. The summed E-state index contributed by atoms with van der Waals surface area (Å²) in [4.78, 5) is 30.4. The van der Waals surface area contributed by atoms with Crippen LogP contribution in [0.2, 0.25) is 0 Å². The number of benzene rings is 3. The van der Waals surface area contributed by atoms with Gasteiger partial charge in [-0.25, -0.2) is 0 Å². The van der Waals surface area contributed by atoms with Crippen LogP contribution in [0.1, 0.15) is 15.9 Å². The summed E-state index contributed by atoms with van der Waals surface area (Å²) in [6.07, 6.45) is 0. The lowest BCUT2D eigenvalue weighted by Gasteiger charge is -2.35. The summed E-state index contributed by atoms with van der Waals surface area (Å²) >= 11 is 6.88. The smallest absolute Gasteiger partial charge is 0.238 e. The van der Waals surface area contributed by atoms with Crippen LogP contribution >= 0.6 is 31.9 Å². The molecule has 7 heteroatoms. The highest BCUT2D eigenvalue weighted by atomic mass is 79.9. The summed E-state index contributed by atoms with van der Waals surface area (Å²) in [5, 5.41) is 2.95. The number of anilines is 2. The molecule has 5 nitrogen and oxygen atoms in total. The number of para-hydroxylation sites is 1. The van der Waals surface area contributed by atoms with Crippen molar-refractivity contribution in [2.75, 3.05) is 42.9 Å². The molecule has 1 fully saturated rings. The number of nitrogens with one attached hydrogen (secondary N) is 1. The molecule has 0 radical (unpaired) electrons. The van der Waals surface area contributed by atoms with Crippen LogP contribution in [0.5, 0.6) is 0 Å². The Kier molecular flexibility index (Phi) is 7.40. The van der Waals surface area contributed by atoms with Crippen molar-refractivity contribution in [1.29, 1.82) is 0 Å². The number of amides is 1. The van der Waals surface area contributed by atoms with E-state index in [1.165, 1.54) is 5.69 Å². The maximum atomic E-state index is 13.2. The lowest BCUT2D eigenvalue weighted by molar-refractivity contribution is -0.117. The molecule has 1 heterocycles. The maximum absolute atomic E-state index is 13.2. The van der Waals surface area contributed by atoms with Crippen LogP contribution < -0.4 is 10.2 Å². The van der Waals surface area contributed by atoms with E-state index in [1.54, 1.807) is 18.2 Å². The van der Waals surface area contributed by atoms with Crippen LogP contribution in [-0.2, 0) is 4.79 Å². The van der Waals surface area contributed by atoms with E-state index in [4.69, 9.17) is 0 Å². The van der Waals surface area contributed by atoms with Crippen LogP contribution in [0.4, 0.5) is 11.4 Å². The molecule has 0 aliphatic carbocycles. The van der Waals surface area contributed by atoms with Crippen LogP contribution in [0.15, 0.2) is 81.7 Å². The molecule has 4 rings (SSSR count). The maximum Gasteiger partial charge on any atom is 0.238 e. The largest absolute Gasteiger partial charge is 0.369 e. The van der Waals surface area contributed by atoms with Crippen molar-refractivity contribution in [3.63, 3.8) is 0 Å². The topological polar surface area (TPSA) is 52.7 Å². The second-order valence-electron chi connectivity index (χ2n) is 7.65. The molecule has 1 aliphatic rings. The van der Waals surface area contributed by atoms with E-state index in [0.717, 1.165) is 35.1 Å². The van der Waals surface area contributed by atoms with Crippen molar-refractivity contribution in [3.05, 3.63) is 92.9 Å². The van der Waals surface area contributed by atoms with Crippen LogP contribution in [-0.4, -0.2) is 49.3 Å². The molecule has 3 aromatic rings. The molecule has 3 aromatic carbocycles. The number of hydrogen-bond acceptors (Lipinski definition) is 4. The Labute approximate surface area is 204 Å². The zero-order chi connectivity index (χ0) is 22.5. The Balaban J connectivity index is 1.41. The highest BCUT2D eigenvalue weighted by Gasteiger charge is 2.21. The molecule has 0 spiro atoms. The number of nitrogens with zero attached hydrogens (tertiary/aromatic N) is 2. The number of rotatable bonds is 6. The van der Waals surface area contributed by atoms with Gasteiger partial charge >= 0.3 is 0 Å². The van der Waals surface area contributed by atoms with Crippen LogP contribution in [0.25, 0.3) is 0 Å². The van der Waals surface area contributed by atoms with E-state index in [-0.39, 0.29) is 11.7 Å². The van der Waals surface area contributed by atoms with E-state index in [2.05, 4.69) is 59.1 Å². The number of carbonyl (C=O) groups excluding carboxylic acids is 2. The van der Waals surface area contributed by atoms with Crippen molar-refractivity contribution >= 4 is 54.9 Å². The predicted octanol–water partition coefficient (Wildman–Crippen LogP) is 5.20. The summed E-state index contributed by atoms with van der Waals surface area (Å²) in [7, 11) is 0. The molecular weight excluding hydrogens is 534 g/mol. The minimum Gasteiger partial charge on any atom is -0.369 e. The molecule has 0 bridgehead atoms. The molecule has 1 N–H and O–H groups in total. The predicted molar refractivity (Wildman–Crippen MR) is 135 cm³/mol. The summed E-state index contributed by atoms with van der Waals surface area (Å²) in [5.74, 6) is -0.271. The highest BCUT2D eigenvalue weighted by Crippen LogP contribution is 2.27. The number of hydrogen-bond donors (Lipinski definition) is 1. The van der Waals surface area contributed by atoms with Crippen LogP contribution in [0, 0.1) is 0 Å². The van der Waals surface area contributed by atoms with Gasteiger partial charge in [-0.1, -0.05) is 62.2 Å². The summed E-state index contributed by atoms with van der Waals surface area (Å²) in [6.45, 7) is 3.67. The van der Waals surface area contributed by atoms with E-state index >= 15 is 0 Å². The zero-order valence-corrected chi connectivity index (χ0v) is 20.6. The van der Waals surface area contributed by atoms with Crippen molar-refractivity contribution in [3.8, 4) is 0 Å². The second-order valence-corrected chi connectivity index (χ2v) is 9.42. The SMILES string of the molecule is O=C(CN1CCN(c2ccccc2)CC1)Nc1ccc(Br)cc1C(=O)c1ccccc1Br. The molecule has 1 amide bonds. The van der Waals surface area contributed by atoms with Gasteiger partial charge in [0.2, 0.25) is 5.91 Å². The number of ketones is 1. The average molecular weight is 557 g/mol. The lowest BCUT2D eigenvalue weighted by Crippen LogP contribution is -2.48. The van der Waals surface area contributed by atoms with Crippen molar-refractivity contribution in [2.24, 2.45) is 0 Å². The van der Waals surface area contributed by atoms with E-state index in [0.29, 0.717) is 23.4 Å². The van der Waals surface area contributed by atoms with Crippen molar-refractivity contribution in [2.45, 2.75) is 0 Å². The first-order valence-electron chi connectivity index (χ1n) is 10.4. The van der Waals surface area contributed by atoms with Crippen molar-refractivity contribution in [1.82, 2.24) is 4.90 Å². The molecule has 0 saturated carbocycles. The Hall–Kier alpha value is -2.48. The number of halogens is 2. The molecule has 0 aromatic heterocycles. The highest BCUT2D eigenvalue weighted by molar-refractivity contribution is 9.10. The van der Waals surface area contributed by atoms with Gasteiger partial charge < -0.3 is 10.2 Å². The number of piperazine rings is 1. The van der Waals surface area contributed by atoms with Gasteiger partial charge in [-0.05, 0) is 42.5 Å². The van der Waals surface area contributed by atoms with E-state index in [9.17, 15) is 9.59 Å². The Morgan fingerprint density at radius 2 is 1.50 bits per heavy atom. The Morgan fingerprint density at radius 1 is 0.812 bits per heavy atom. The zero-order valence-electron chi connectivity index (χ0n) is 17.4. The summed E-state index contributed by atoms with van der Waals surface area (Å²) in [6, 6.07) is 22.9. The van der Waals surface area contributed by atoms with Gasteiger partial charge in [-0.15, -0.1) is 0 Å². The Morgan fingerprint density at radius 3 is 2.22 bits per heavy atom. The standard InChI is InChI=1S/C25H23Br2N3O2/c26-18-10-11-23(21(16-18)25(32)20-8-4-5-9-22(20)27)28-24(31)17-29-12-14-30(15-13-29)19-6-2-1-3-7-19/h1-11,16H,12-15,17H2,(H,28,31).